The SMILES string of the molecule is Cl.FC(CCCCc1ccc2c(n1)NCCC2)C1CCNC1. The van der Waals surface area contributed by atoms with Gasteiger partial charge in [0, 0.05) is 24.7 Å². The molecule has 1 aromatic heterocycles. The molecule has 2 aliphatic heterocycles. The predicted octanol–water partition coefficient (Wildman–Crippen LogP) is 3.52. The van der Waals surface area contributed by atoms with E-state index in [2.05, 4.69) is 22.8 Å². The number of nitrogens with one attached hydrogen (secondary N) is 2. The third-order valence-electron chi connectivity index (χ3n) is 4.72. The molecule has 1 saturated heterocycles. The minimum atomic E-state index is -0.627. The first-order chi connectivity index (χ1) is 10.3. The zero-order valence-electron chi connectivity index (χ0n) is 13.1. The summed E-state index contributed by atoms with van der Waals surface area (Å²) in [5.41, 5.74) is 2.48. The Labute approximate surface area is 138 Å². The van der Waals surface area contributed by atoms with Gasteiger partial charge in [0.1, 0.15) is 12.0 Å². The maximum absolute atomic E-state index is 14.0. The number of unbranched alkanes of at least 4 members (excludes halogenated alkanes) is 1. The number of aryl methyl sites for hydroxylation is 2. The van der Waals surface area contributed by atoms with E-state index in [-0.39, 0.29) is 18.3 Å². The second-order valence-electron chi connectivity index (χ2n) is 6.36. The molecule has 3 nitrogen and oxygen atoms in total. The van der Waals surface area contributed by atoms with E-state index >= 15 is 0 Å². The minimum Gasteiger partial charge on any atom is -0.370 e. The lowest BCUT2D eigenvalue weighted by Crippen LogP contribution is -2.19. The molecule has 1 aromatic rings. The van der Waals surface area contributed by atoms with Gasteiger partial charge in [-0.2, -0.15) is 0 Å². The lowest BCUT2D eigenvalue weighted by atomic mass is 9.97. The molecule has 22 heavy (non-hydrogen) atoms. The molecule has 0 spiro atoms. The van der Waals surface area contributed by atoms with Crippen LogP contribution in [0.15, 0.2) is 12.1 Å². The van der Waals surface area contributed by atoms with E-state index in [0.717, 1.165) is 63.3 Å². The standard InChI is InChI=1S/C17H26FN3.ClH/c18-16(14-9-11-19-12-14)6-2-1-5-15-8-7-13-4-3-10-20-17(13)21-15;/h7-8,14,16,19H,1-6,9-12H2,(H,20,21);1H. The van der Waals surface area contributed by atoms with E-state index in [1.807, 2.05) is 0 Å². The average molecular weight is 328 g/mol. The summed E-state index contributed by atoms with van der Waals surface area (Å²) in [7, 11) is 0. The van der Waals surface area contributed by atoms with Crippen molar-refractivity contribution >= 4 is 18.2 Å². The molecular weight excluding hydrogens is 301 g/mol. The Kier molecular flexibility index (Phi) is 6.90. The fourth-order valence-corrected chi connectivity index (χ4v) is 3.37. The minimum absolute atomic E-state index is 0. The molecule has 0 bridgehead atoms. The number of pyridine rings is 1. The largest absolute Gasteiger partial charge is 0.370 e. The van der Waals surface area contributed by atoms with Gasteiger partial charge in [-0.25, -0.2) is 9.37 Å². The maximum atomic E-state index is 14.0. The van der Waals surface area contributed by atoms with Gasteiger partial charge in [-0.1, -0.05) is 12.5 Å². The normalized spacial score (nSPS) is 21.6. The molecular formula is C17H27ClFN3. The summed E-state index contributed by atoms with van der Waals surface area (Å²) in [4.78, 5) is 4.69. The summed E-state index contributed by atoms with van der Waals surface area (Å²) in [6, 6.07) is 4.34. The Morgan fingerprint density at radius 1 is 1.27 bits per heavy atom. The van der Waals surface area contributed by atoms with Crippen LogP contribution >= 0.6 is 12.4 Å². The van der Waals surface area contributed by atoms with Crippen LogP contribution in [-0.2, 0) is 12.8 Å². The number of halogens is 2. The van der Waals surface area contributed by atoms with E-state index in [0.29, 0.717) is 6.42 Å². The van der Waals surface area contributed by atoms with Crippen LogP contribution in [0.5, 0.6) is 0 Å². The second kappa shape index (κ2) is 8.68. The van der Waals surface area contributed by atoms with Crippen LogP contribution in [0.2, 0.25) is 0 Å². The van der Waals surface area contributed by atoms with Crippen LogP contribution in [-0.4, -0.2) is 30.8 Å². The first-order valence-electron chi connectivity index (χ1n) is 8.40. The molecule has 124 valence electrons. The van der Waals surface area contributed by atoms with Gasteiger partial charge in [0.15, 0.2) is 0 Å². The van der Waals surface area contributed by atoms with Crippen LogP contribution in [0, 0.1) is 5.92 Å². The molecule has 0 saturated carbocycles. The van der Waals surface area contributed by atoms with E-state index in [4.69, 9.17) is 4.98 Å². The molecule has 0 radical (unpaired) electrons. The number of hydrogen-bond acceptors (Lipinski definition) is 3. The van der Waals surface area contributed by atoms with Crippen LogP contribution in [0.1, 0.15) is 43.4 Å². The highest BCUT2D eigenvalue weighted by atomic mass is 35.5. The Balaban J connectivity index is 0.00000176. The van der Waals surface area contributed by atoms with Gasteiger partial charge < -0.3 is 10.6 Å². The number of anilines is 1. The molecule has 3 heterocycles. The Morgan fingerprint density at radius 2 is 2.18 bits per heavy atom. The molecule has 2 N–H and O–H groups in total. The van der Waals surface area contributed by atoms with E-state index < -0.39 is 6.17 Å². The van der Waals surface area contributed by atoms with Gasteiger partial charge in [-0.05, 0) is 56.7 Å². The highest BCUT2D eigenvalue weighted by Gasteiger charge is 2.23. The number of hydrogen-bond donors (Lipinski definition) is 2. The van der Waals surface area contributed by atoms with Crippen LogP contribution in [0.4, 0.5) is 10.2 Å². The summed E-state index contributed by atoms with van der Waals surface area (Å²) < 4.78 is 14.0. The van der Waals surface area contributed by atoms with E-state index in [1.54, 1.807) is 0 Å². The highest BCUT2D eigenvalue weighted by Crippen LogP contribution is 2.22. The zero-order chi connectivity index (χ0) is 14.5. The van der Waals surface area contributed by atoms with Crippen molar-refractivity contribution in [1.82, 2.24) is 10.3 Å². The number of fused-ring (bicyclic) bond motifs is 1. The van der Waals surface area contributed by atoms with E-state index in [9.17, 15) is 4.39 Å². The third kappa shape index (κ3) is 4.56. The quantitative estimate of drug-likeness (QED) is 0.785. The molecule has 0 aromatic carbocycles. The molecule has 5 heteroatoms. The lowest BCUT2D eigenvalue weighted by Gasteiger charge is -2.17. The van der Waals surface area contributed by atoms with Gasteiger partial charge >= 0.3 is 0 Å². The molecule has 0 amide bonds. The molecule has 2 aliphatic rings. The van der Waals surface area contributed by atoms with E-state index in [1.165, 1.54) is 12.0 Å². The predicted molar refractivity (Wildman–Crippen MR) is 91.7 cm³/mol. The summed E-state index contributed by atoms with van der Waals surface area (Å²) in [6.45, 7) is 2.87. The van der Waals surface area contributed by atoms with Gasteiger partial charge in [-0.15, -0.1) is 12.4 Å². The van der Waals surface area contributed by atoms with Crippen molar-refractivity contribution in [2.45, 2.75) is 51.1 Å². The Morgan fingerprint density at radius 3 is 3.00 bits per heavy atom. The number of rotatable bonds is 6. The van der Waals surface area contributed by atoms with Crippen LogP contribution in [0.3, 0.4) is 0 Å². The zero-order valence-corrected chi connectivity index (χ0v) is 13.9. The topological polar surface area (TPSA) is 37.0 Å². The van der Waals surface area contributed by atoms with Gasteiger partial charge in [0.25, 0.3) is 0 Å². The lowest BCUT2D eigenvalue weighted by molar-refractivity contribution is 0.221. The maximum Gasteiger partial charge on any atom is 0.129 e. The highest BCUT2D eigenvalue weighted by molar-refractivity contribution is 5.85. The van der Waals surface area contributed by atoms with Crippen molar-refractivity contribution in [3.05, 3.63) is 23.4 Å². The Bertz CT molecular complexity index is 463. The summed E-state index contributed by atoms with van der Waals surface area (Å²) in [5, 5.41) is 6.61. The summed E-state index contributed by atoms with van der Waals surface area (Å²) in [6.07, 6.45) is 6.37. The molecule has 2 atom stereocenters. The van der Waals surface area contributed by atoms with Crippen molar-refractivity contribution in [3.8, 4) is 0 Å². The number of alkyl halides is 1. The molecule has 1 fully saturated rings. The molecule has 2 unspecified atom stereocenters. The fourth-order valence-electron chi connectivity index (χ4n) is 3.37. The van der Waals surface area contributed by atoms with Crippen molar-refractivity contribution in [2.75, 3.05) is 25.0 Å². The third-order valence-corrected chi connectivity index (χ3v) is 4.72. The van der Waals surface area contributed by atoms with Gasteiger partial charge in [0.2, 0.25) is 0 Å². The molecule has 0 aliphatic carbocycles. The first kappa shape index (κ1) is 17.5. The van der Waals surface area contributed by atoms with Crippen molar-refractivity contribution in [2.24, 2.45) is 5.92 Å². The number of aromatic nitrogens is 1. The van der Waals surface area contributed by atoms with Crippen LogP contribution < -0.4 is 10.6 Å². The monoisotopic (exact) mass is 327 g/mol. The van der Waals surface area contributed by atoms with Crippen molar-refractivity contribution in [3.63, 3.8) is 0 Å². The fraction of sp³-hybridized carbons (Fsp3) is 0.706. The average Bonchev–Trinajstić information content (AvgIpc) is 3.06. The molecule has 3 rings (SSSR count). The van der Waals surface area contributed by atoms with Gasteiger partial charge in [-0.3, -0.25) is 0 Å². The first-order valence-corrected chi connectivity index (χ1v) is 8.40. The summed E-state index contributed by atoms with van der Waals surface area (Å²) >= 11 is 0. The summed E-state index contributed by atoms with van der Waals surface area (Å²) in [5.74, 6) is 1.32. The Hall–Kier alpha value is -0.870. The van der Waals surface area contributed by atoms with Gasteiger partial charge in [0.05, 0.1) is 0 Å². The van der Waals surface area contributed by atoms with Crippen LogP contribution in [0.25, 0.3) is 0 Å². The second-order valence-corrected chi connectivity index (χ2v) is 6.36. The number of nitrogens with zero attached hydrogens (tertiary/aromatic N) is 1. The van der Waals surface area contributed by atoms with Crippen molar-refractivity contribution < 1.29 is 4.39 Å². The van der Waals surface area contributed by atoms with Crippen molar-refractivity contribution in [1.29, 1.82) is 0 Å². The smallest absolute Gasteiger partial charge is 0.129 e.